The molecule has 2 N–H and O–H groups in total. The number of ether oxygens (including phenoxy) is 1. The second-order valence-corrected chi connectivity index (χ2v) is 9.49. The third kappa shape index (κ3) is 4.91. The first-order chi connectivity index (χ1) is 17.0. The van der Waals surface area contributed by atoms with E-state index in [4.69, 9.17) is 4.74 Å². The van der Waals surface area contributed by atoms with Crippen molar-refractivity contribution < 1.29 is 19.4 Å². The van der Waals surface area contributed by atoms with Crippen molar-refractivity contribution in [1.82, 2.24) is 15.1 Å². The number of fused-ring (bicyclic) bond motifs is 2. The summed E-state index contributed by atoms with van der Waals surface area (Å²) in [5.41, 5.74) is 4.47. The molecular formula is C27H34N4O4. The third-order valence-corrected chi connectivity index (χ3v) is 7.41. The van der Waals surface area contributed by atoms with E-state index >= 15 is 0 Å². The molecule has 3 aliphatic rings. The summed E-state index contributed by atoms with van der Waals surface area (Å²) < 4.78 is 5.37. The van der Waals surface area contributed by atoms with E-state index in [1.807, 2.05) is 18.2 Å². The molecule has 2 aromatic carbocycles. The standard InChI is InChI=1S/C27H34N4O4/c1-2-29-9-10-31(18-25(32)23-15-19-5-3-4-6-21(19)17-28-23)27(34)22-8-7-20(16-24(22)29)26(33)30-11-13-35-14-12-30/h3-8,16,23,25,28,32H,2,9-15,17-18H2,1H3. The fourth-order valence-corrected chi connectivity index (χ4v) is 5.30. The van der Waals surface area contributed by atoms with E-state index in [2.05, 4.69) is 29.3 Å². The summed E-state index contributed by atoms with van der Waals surface area (Å²) in [6, 6.07) is 13.6. The van der Waals surface area contributed by atoms with E-state index < -0.39 is 6.10 Å². The zero-order valence-electron chi connectivity index (χ0n) is 20.3. The van der Waals surface area contributed by atoms with E-state index in [-0.39, 0.29) is 24.4 Å². The summed E-state index contributed by atoms with van der Waals surface area (Å²) in [6.07, 6.45) is 0.0652. The second-order valence-electron chi connectivity index (χ2n) is 9.49. The van der Waals surface area contributed by atoms with Crippen LogP contribution in [-0.4, -0.2) is 91.3 Å². The van der Waals surface area contributed by atoms with Gasteiger partial charge in [-0.15, -0.1) is 0 Å². The fraction of sp³-hybridized carbons (Fsp3) is 0.481. The van der Waals surface area contributed by atoms with Crippen molar-refractivity contribution in [3.05, 3.63) is 64.7 Å². The molecule has 0 bridgehead atoms. The maximum Gasteiger partial charge on any atom is 0.256 e. The molecule has 2 amide bonds. The Morgan fingerprint density at radius 3 is 2.60 bits per heavy atom. The lowest BCUT2D eigenvalue weighted by Crippen LogP contribution is -2.50. The second kappa shape index (κ2) is 10.4. The average molecular weight is 479 g/mol. The van der Waals surface area contributed by atoms with Crippen molar-refractivity contribution >= 4 is 17.5 Å². The molecule has 2 unspecified atom stereocenters. The highest BCUT2D eigenvalue weighted by Gasteiger charge is 2.32. The molecule has 8 nitrogen and oxygen atoms in total. The number of benzene rings is 2. The van der Waals surface area contributed by atoms with Gasteiger partial charge in [-0.05, 0) is 42.7 Å². The van der Waals surface area contributed by atoms with Gasteiger partial charge in [0.05, 0.1) is 30.6 Å². The maximum absolute atomic E-state index is 13.6. The number of hydrogen-bond acceptors (Lipinski definition) is 6. The van der Waals surface area contributed by atoms with Gasteiger partial charge >= 0.3 is 0 Å². The van der Waals surface area contributed by atoms with Crippen LogP contribution in [0.3, 0.4) is 0 Å². The van der Waals surface area contributed by atoms with Crippen molar-refractivity contribution in [2.45, 2.75) is 32.0 Å². The lowest BCUT2D eigenvalue weighted by atomic mass is 9.92. The molecule has 1 fully saturated rings. The van der Waals surface area contributed by atoms with Crippen LogP contribution >= 0.6 is 0 Å². The lowest BCUT2D eigenvalue weighted by molar-refractivity contribution is 0.0303. The first kappa shape index (κ1) is 23.8. The van der Waals surface area contributed by atoms with Crippen LogP contribution in [0.1, 0.15) is 38.8 Å². The quantitative estimate of drug-likeness (QED) is 0.678. The number of amides is 2. The number of aliphatic hydroxyl groups is 1. The minimum atomic E-state index is -0.675. The van der Waals surface area contributed by atoms with Gasteiger partial charge in [-0.25, -0.2) is 0 Å². The third-order valence-electron chi connectivity index (χ3n) is 7.41. The predicted octanol–water partition coefficient (Wildman–Crippen LogP) is 1.52. The Kier molecular flexibility index (Phi) is 7.04. The lowest BCUT2D eigenvalue weighted by Gasteiger charge is -2.33. The topological polar surface area (TPSA) is 85.3 Å². The van der Waals surface area contributed by atoms with Crippen molar-refractivity contribution in [2.24, 2.45) is 0 Å². The van der Waals surface area contributed by atoms with Gasteiger partial charge in [0, 0.05) is 57.4 Å². The van der Waals surface area contributed by atoms with Gasteiger partial charge in [-0.1, -0.05) is 24.3 Å². The number of anilines is 1. The molecule has 2 atom stereocenters. The zero-order valence-corrected chi connectivity index (χ0v) is 20.3. The van der Waals surface area contributed by atoms with E-state index in [9.17, 15) is 14.7 Å². The number of carbonyl (C=O) groups excluding carboxylic acids is 2. The van der Waals surface area contributed by atoms with Crippen LogP contribution in [-0.2, 0) is 17.7 Å². The molecule has 186 valence electrons. The molecule has 2 aromatic rings. The molecule has 3 heterocycles. The highest BCUT2D eigenvalue weighted by atomic mass is 16.5. The molecule has 8 heteroatoms. The average Bonchev–Trinajstić information content (AvgIpc) is 3.04. The van der Waals surface area contributed by atoms with Crippen LogP contribution in [0.5, 0.6) is 0 Å². The number of likely N-dealkylation sites (N-methyl/N-ethyl adjacent to an activating group) is 1. The Morgan fingerprint density at radius 1 is 1.09 bits per heavy atom. The van der Waals surface area contributed by atoms with E-state index in [1.54, 1.807) is 21.9 Å². The molecular weight excluding hydrogens is 444 g/mol. The van der Waals surface area contributed by atoms with Crippen LogP contribution in [0.2, 0.25) is 0 Å². The fourth-order valence-electron chi connectivity index (χ4n) is 5.30. The number of nitrogens with zero attached hydrogens (tertiary/aromatic N) is 3. The van der Waals surface area contributed by atoms with Crippen LogP contribution in [0, 0.1) is 0 Å². The van der Waals surface area contributed by atoms with Gasteiger partial charge in [0.15, 0.2) is 0 Å². The van der Waals surface area contributed by atoms with E-state index in [0.717, 1.165) is 25.2 Å². The summed E-state index contributed by atoms with van der Waals surface area (Å²) in [7, 11) is 0. The molecule has 0 aliphatic carbocycles. The van der Waals surface area contributed by atoms with Gasteiger partial charge in [0.25, 0.3) is 11.8 Å². The molecule has 0 saturated carbocycles. The van der Waals surface area contributed by atoms with E-state index in [0.29, 0.717) is 50.5 Å². The largest absolute Gasteiger partial charge is 0.390 e. The molecule has 0 aromatic heterocycles. The van der Waals surface area contributed by atoms with E-state index in [1.165, 1.54) is 11.1 Å². The monoisotopic (exact) mass is 478 g/mol. The molecule has 0 radical (unpaired) electrons. The Morgan fingerprint density at radius 2 is 1.83 bits per heavy atom. The van der Waals surface area contributed by atoms with Crippen molar-refractivity contribution in [3.63, 3.8) is 0 Å². The smallest absolute Gasteiger partial charge is 0.256 e. The summed E-state index contributed by atoms with van der Waals surface area (Å²) in [4.78, 5) is 32.3. The van der Waals surface area contributed by atoms with Gasteiger partial charge < -0.3 is 29.9 Å². The predicted molar refractivity (Wildman–Crippen MR) is 134 cm³/mol. The minimum absolute atomic E-state index is 0.0280. The van der Waals surface area contributed by atoms with Crippen LogP contribution in [0.15, 0.2) is 42.5 Å². The van der Waals surface area contributed by atoms with Crippen LogP contribution in [0.4, 0.5) is 5.69 Å². The van der Waals surface area contributed by atoms with Crippen LogP contribution < -0.4 is 10.2 Å². The number of hydrogen-bond donors (Lipinski definition) is 2. The maximum atomic E-state index is 13.6. The Labute approximate surface area is 206 Å². The normalized spacial score (nSPS) is 21.3. The summed E-state index contributed by atoms with van der Waals surface area (Å²) >= 11 is 0. The molecule has 1 saturated heterocycles. The van der Waals surface area contributed by atoms with Crippen molar-refractivity contribution in [3.8, 4) is 0 Å². The SMILES string of the molecule is CCN1CCN(CC(O)C2Cc3ccccc3CN2)C(=O)c2ccc(C(=O)N3CCOCC3)cc21. The zero-order chi connectivity index (χ0) is 24.4. The Hall–Kier alpha value is -2.94. The number of nitrogens with one attached hydrogen (secondary N) is 1. The summed E-state index contributed by atoms with van der Waals surface area (Å²) in [6.45, 7) is 7.21. The molecule has 3 aliphatic heterocycles. The number of aliphatic hydroxyl groups excluding tert-OH is 1. The minimum Gasteiger partial charge on any atom is -0.390 e. The van der Waals surface area contributed by atoms with Crippen LogP contribution in [0.25, 0.3) is 0 Å². The van der Waals surface area contributed by atoms with Crippen molar-refractivity contribution in [2.75, 3.05) is 57.4 Å². The van der Waals surface area contributed by atoms with Gasteiger partial charge in [0.2, 0.25) is 0 Å². The van der Waals surface area contributed by atoms with Gasteiger partial charge in [0.1, 0.15) is 0 Å². The van der Waals surface area contributed by atoms with Gasteiger partial charge in [-0.3, -0.25) is 9.59 Å². The van der Waals surface area contributed by atoms with Gasteiger partial charge in [-0.2, -0.15) is 0 Å². The molecule has 35 heavy (non-hydrogen) atoms. The first-order valence-corrected chi connectivity index (χ1v) is 12.6. The highest BCUT2D eigenvalue weighted by molar-refractivity contribution is 6.03. The number of carbonyl (C=O) groups is 2. The summed E-state index contributed by atoms with van der Waals surface area (Å²) in [5.74, 6) is -0.128. The number of β-amino-alcohol motifs (C(OH)–C–C–N with tert-alkyl or cyclic N) is 1. The Bertz CT molecular complexity index is 1080. The first-order valence-electron chi connectivity index (χ1n) is 12.6. The number of rotatable bonds is 5. The molecule has 0 spiro atoms. The summed E-state index contributed by atoms with van der Waals surface area (Å²) in [5, 5.41) is 14.5. The number of morpholine rings is 1. The molecule has 5 rings (SSSR count). The highest BCUT2D eigenvalue weighted by Crippen LogP contribution is 2.28. The van der Waals surface area contributed by atoms with Crippen molar-refractivity contribution in [1.29, 1.82) is 0 Å². The Balaban J connectivity index is 1.33.